The lowest BCUT2D eigenvalue weighted by Crippen LogP contribution is -2.52. The maximum Gasteiger partial charge on any atom is 0.243 e. The molecule has 0 radical (unpaired) electrons. The summed E-state index contributed by atoms with van der Waals surface area (Å²) < 4.78 is 26.5. The lowest BCUT2D eigenvalue weighted by Gasteiger charge is -2.34. The molecule has 1 N–H and O–H groups in total. The number of sulfonamides is 1. The molecule has 2 amide bonds. The second-order valence-electron chi connectivity index (χ2n) is 11.1. The van der Waals surface area contributed by atoms with Crippen LogP contribution in [-0.4, -0.2) is 50.0 Å². The standard InChI is InChI=1S/C33H39Cl2N3O4S/c1-43(41,42)38(30-20-18-28(35)19-21-30)22-8-13-32(39)37(24-26-14-16-27(34)17-15-26)31(23-25-9-4-2-5-10-25)33(40)36-29-11-6-3-7-12-29/h2,4-5,9-10,14-21,29,31H,3,6-8,11-13,22-24H2,1H3,(H,36,40)/t31-/m0/s1. The molecule has 230 valence electrons. The number of nitrogens with one attached hydrogen (secondary N) is 1. The average Bonchev–Trinajstić information content (AvgIpc) is 2.99. The van der Waals surface area contributed by atoms with Crippen molar-refractivity contribution in [1.29, 1.82) is 0 Å². The van der Waals surface area contributed by atoms with Gasteiger partial charge in [-0.2, -0.15) is 0 Å². The number of rotatable bonds is 13. The number of nitrogens with zero attached hydrogens (tertiary/aromatic N) is 2. The molecule has 0 saturated heterocycles. The van der Waals surface area contributed by atoms with Gasteiger partial charge in [-0.15, -0.1) is 0 Å². The van der Waals surface area contributed by atoms with E-state index in [0.29, 0.717) is 22.2 Å². The van der Waals surface area contributed by atoms with Gasteiger partial charge in [0.25, 0.3) is 0 Å². The van der Waals surface area contributed by atoms with Crippen LogP contribution in [0.1, 0.15) is 56.1 Å². The molecule has 1 saturated carbocycles. The minimum absolute atomic E-state index is 0.0647. The zero-order chi connectivity index (χ0) is 30.8. The summed E-state index contributed by atoms with van der Waals surface area (Å²) >= 11 is 12.1. The molecule has 7 nitrogen and oxygen atoms in total. The molecule has 10 heteroatoms. The van der Waals surface area contributed by atoms with Crippen LogP contribution >= 0.6 is 23.2 Å². The van der Waals surface area contributed by atoms with E-state index in [0.717, 1.165) is 43.1 Å². The third kappa shape index (κ3) is 9.98. The largest absolute Gasteiger partial charge is 0.352 e. The van der Waals surface area contributed by atoms with Crippen molar-refractivity contribution >= 4 is 50.7 Å². The maximum atomic E-state index is 14.0. The fourth-order valence-corrected chi connectivity index (χ4v) is 6.71. The normalized spacial score (nSPS) is 14.6. The van der Waals surface area contributed by atoms with E-state index in [4.69, 9.17) is 23.2 Å². The Labute approximate surface area is 265 Å². The van der Waals surface area contributed by atoms with Crippen LogP contribution in [0.15, 0.2) is 78.9 Å². The van der Waals surface area contributed by atoms with Gasteiger partial charge in [-0.1, -0.05) is 84.9 Å². The van der Waals surface area contributed by atoms with E-state index >= 15 is 0 Å². The van der Waals surface area contributed by atoms with Gasteiger partial charge in [-0.3, -0.25) is 13.9 Å². The van der Waals surface area contributed by atoms with E-state index in [9.17, 15) is 18.0 Å². The lowest BCUT2D eigenvalue weighted by molar-refractivity contribution is -0.141. The summed E-state index contributed by atoms with van der Waals surface area (Å²) in [6, 6.07) is 22.8. The van der Waals surface area contributed by atoms with Gasteiger partial charge in [0.15, 0.2) is 0 Å². The third-order valence-electron chi connectivity index (χ3n) is 7.76. The Morgan fingerprint density at radius 1 is 0.860 bits per heavy atom. The zero-order valence-electron chi connectivity index (χ0n) is 24.4. The molecule has 0 heterocycles. The molecule has 43 heavy (non-hydrogen) atoms. The van der Waals surface area contributed by atoms with Crippen LogP contribution in [0.4, 0.5) is 5.69 Å². The van der Waals surface area contributed by atoms with Crippen molar-refractivity contribution in [3.8, 4) is 0 Å². The minimum atomic E-state index is -3.60. The Morgan fingerprint density at radius 3 is 2.07 bits per heavy atom. The Kier molecular flexibility index (Phi) is 11.9. The van der Waals surface area contributed by atoms with E-state index in [-0.39, 0.29) is 43.8 Å². The van der Waals surface area contributed by atoms with E-state index in [1.165, 1.54) is 10.7 Å². The van der Waals surface area contributed by atoms with Crippen LogP contribution in [0.25, 0.3) is 0 Å². The fourth-order valence-electron chi connectivity index (χ4n) is 5.50. The van der Waals surface area contributed by atoms with Crippen molar-refractivity contribution < 1.29 is 18.0 Å². The van der Waals surface area contributed by atoms with Crippen LogP contribution in [-0.2, 0) is 32.6 Å². The van der Waals surface area contributed by atoms with Gasteiger partial charge >= 0.3 is 0 Å². The summed E-state index contributed by atoms with van der Waals surface area (Å²) in [6.45, 7) is 0.331. The molecule has 0 unspecified atom stereocenters. The highest BCUT2D eigenvalue weighted by molar-refractivity contribution is 7.92. The molecule has 3 aromatic rings. The smallest absolute Gasteiger partial charge is 0.243 e. The summed E-state index contributed by atoms with van der Waals surface area (Å²) in [5.41, 5.74) is 2.28. The Bertz CT molecular complexity index is 1450. The number of carbonyl (C=O) groups excluding carboxylic acids is 2. The molecule has 0 aliphatic heterocycles. The van der Waals surface area contributed by atoms with Crippen molar-refractivity contribution in [1.82, 2.24) is 10.2 Å². The maximum absolute atomic E-state index is 14.0. The Hall–Kier alpha value is -3.07. The third-order valence-corrected chi connectivity index (χ3v) is 9.45. The molecule has 1 atom stereocenters. The number of carbonyl (C=O) groups is 2. The number of benzene rings is 3. The summed E-state index contributed by atoms with van der Waals surface area (Å²) in [7, 11) is -3.60. The summed E-state index contributed by atoms with van der Waals surface area (Å²) in [4.78, 5) is 29.5. The molecular weight excluding hydrogens is 605 g/mol. The van der Waals surface area contributed by atoms with Gasteiger partial charge in [0.05, 0.1) is 11.9 Å². The number of hydrogen-bond donors (Lipinski definition) is 1. The van der Waals surface area contributed by atoms with Gasteiger partial charge in [0, 0.05) is 42.0 Å². The first kappa shape index (κ1) is 32.8. The Morgan fingerprint density at radius 2 is 1.47 bits per heavy atom. The SMILES string of the molecule is CS(=O)(=O)N(CCCC(=O)N(Cc1ccc(Cl)cc1)[C@@H](Cc1ccccc1)C(=O)NC1CCCCC1)c1ccc(Cl)cc1. The van der Waals surface area contributed by atoms with Gasteiger partial charge in [-0.25, -0.2) is 8.42 Å². The van der Waals surface area contributed by atoms with Crippen LogP contribution in [0.5, 0.6) is 0 Å². The molecule has 4 rings (SSSR count). The molecule has 3 aromatic carbocycles. The van der Waals surface area contributed by atoms with E-state index < -0.39 is 16.1 Å². The van der Waals surface area contributed by atoms with Gasteiger partial charge in [-0.05, 0) is 66.8 Å². The fraction of sp³-hybridized carbons (Fsp3) is 0.394. The first-order valence-electron chi connectivity index (χ1n) is 14.7. The van der Waals surface area contributed by atoms with Crippen molar-refractivity contribution in [2.45, 2.75) is 70.0 Å². The Balaban J connectivity index is 1.58. The molecule has 0 bridgehead atoms. The highest BCUT2D eigenvalue weighted by Gasteiger charge is 2.32. The summed E-state index contributed by atoms with van der Waals surface area (Å²) in [6.07, 6.45) is 7.02. The second-order valence-corrected chi connectivity index (χ2v) is 13.9. The summed E-state index contributed by atoms with van der Waals surface area (Å²) in [5, 5.41) is 4.32. The summed E-state index contributed by atoms with van der Waals surface area (Å²) in [5.74, 6) is -0.392. The number of amides is 2. The van der Waals surface area contributed by atoms with Gasteiger partial charge < -0.3 is 10.2 Å². The first-order valence-corrected chi connectivity index (χ1v) is 17.3. The monoisotopic (exact) mass is 643 g/mol. The molecule has 0 spiro atoms. The number of hydrogen-bond acceptors (Lipinski definition) is 4. The van der Waals surface area contributed by atoms with Crippen molar-refractivity contribution in [2.75, 3.05) is 17.1 Å². The molecule has 1 aliphatic carbocycles. The van der Waals surface area contributed by atoms with Gasteiger partial charge in [0.1, 0.15) is 6.04 Å². The molecular formula is C33H39Cl2N3O4S. The highest BCUT2D eigenvalue weighted by Crippen LogP contribution is 2.23. The van der Waals surface area contributed by atoms with E-state index in [1.807, 2.05) is 42.5 Å². The van der Waals surface area contributed by atoms with E-state index in [1.54, 1.807) is 41.3 Å². The number of halogens is 2. The average molecular weight is 645 g/mol. The zero-order valence-corrected chi connectivity index (χ0v) is 26.8. The van der Waals surface area contributed by atoms with Gasteiger partial charge in [0.2, 0.25) is 21.8 Å². The number of anilines is 1. The van der Waals surface area contributed by atoms with Crippen molar-refractivity contribution in [2.24, 2.45) is 0 Å². The molecule has 1 fully saturated rings. The predicted octanol–water partition coefficient (Wildman–Crippen LogP) is 6.63. The van der Waals surface area contributed by atoms with Crippen LogP contribution in [0.2, 0.25) is 10.0 Å². The molecule has 1 aliphatic rings. The molecule has 0 aromatic heterocycles. The van der Waals surface area contributed by atoms with Crippen LogP contribution in [0, 0.1) is 0 Å². The quantitative estimate of drug-likeness (QED) is 0.227. The second kappa shape index (κ2) is 15.6. The predicted molar refractivity (Wildman–Crippen MR) is 174 cm³/mol. The van der Waals surface area contributed by atoms with Crippen LogP contribution in [0.3, 0.4) is 0 Å². The first-order chi connectivity index (χ1) is 20.6. The van der Waals surface area contributed by atoms with Crippen LogP contribution < -0.4 is 9.62 Å². The van der Waals surface area contributed by atoms with Crippen molar-refractivity contribution in [3.05, 3.63) is 100 Å². The van der Waals surface area contributed by atoms with E-state index in [2.05, 4.69) is 5.32 Å². The lowest BCUT2D eigenvalue weighted by atomic mass is 9.94. The van der Waals surface area contributed by atoms with Crippen molar-refractivity contribution in [3.63, 3.8) is 0 Å². The topological polar surface area (TPSA) is 86.8 Å². The minimum Gasteiger partial charge on any atom is -0.352 e. The highest BCUT2D eigenvalue weighted by atomic mass is 35.5.